The highest BCUT2D eigenvalue weighted by atomic mass is 19.4. The van der Waals surface area contributed by atoms with E-state index in [-0.39, 0.29) is 30.5 Å². The lowest BCUT2D eigenvalue weighted by Gasteiger charge is -2.44. The maximum atomic E-state index is 14.0. The van der Waals surface area contributed by atoms with E-state index in [9.17, 15) is 107 Å². The Labute approximate surface area is 249 Å². The minimum absolute atomic E-state index is 0.00378. The fraction of sp³-hybridized carbons (Fsp3) is 0.952. The zero-order valence-corrected chi connectivity index (χ0v) is 23.2. The summed E-state index contributed by atoms with van der Waals surface area (Å²) in [7, 11) is 2.97. The molecular weight excluding hydrogens is 727 g/mol. The molecule has 47 heavy (non-hydrogen) atoms. The van der Waals surface area contributed by atoms with Crippen LogP contribution in [0.25, 0.3) is 0 Å². The van der Waals surface area contributed by atoms with Gasteiger partial charge in [-0.05, 0) is 0 Å². The molecule has 0 rings (SSSR count). The number of nitrogens with zero attached hydrogens (tertiary/aromatic N) is 1. The molecule has 0 aromatic carbocycles. The average molecular weight is 750 g/mol. The third-order valence-corrected chi connectivity index (χ3v) is 6.49. The van der Waals surface area contributed by atoms with E-state index >= 15 is 0 Å². The molecular formula is C21H23F21N2O3. The van der Waals surface area contributed by atoms with Crippen molar-refractivity contribution in [3.8, 4) is 0 Å². The number of carbonyl (C=O) groups excluding carboxylic acids is 1. The van der Waals surface area contributed by atoms with Crippen LogP contribution in [0, 0.1) is 0 Å². The number of aliphatic hydroxyl groups is 1. The lowest BCUT2D eigenvalue weighted by atomic mass is 9.85. The number of alkyl halides is 21. The fourth-order valence-corrected chi connectivity index (χ4v) is 3.49. The van der Waals surface area contributed by atoms with Crippen LogP contribution in [0.5, 0.6) is 0 Å². The predicted molar refractivity (Wildman–Crippen MR) is 110 cm³/mol. The van der Waals surface area contributed by atoms with Gasteiger partial charge in [0, 0.05) is 38.3 Å². The Kier molecular flexibility index (Phi) is 12.7. The molecule has 2 N–H and O–H groups in total. The summed E-state index contributed by atoms with van der Waals surface area (Å²) in [5.41, 5.74) is 0. The lowest BCUT2D eigenvalue weighted by Crippen LogP contribution is -2.76. The van der Waals surface area contributed by atoms with Crippen LogP contribution in [0.2, 0.25) is 0 Å². The zero-order chi connectivity index (χ0) is 38.3. The van der Waals surface area contributed by atoms with Crippen molar-refractivity contribution in [3.63, 3.8) is 0 Å². The number of nitrogens with one attached hydrogen (secondary N) is 1. The number of carbonyl (C=O) groups is 1. The number of hydrogen-bond donors (Lipinski definition) is 2. The molecule has 0 saturated carbocycles. The third kappa shape index (κ3) is 7.87. The Hall–Kier alpha value is -2.12. The van der Waals surface area contributed by atoms with Crippen molar-refractivity contribution >= 4 is 5.97 Å². The highest BCUT2D eigenvalue weighted by Gasteiger charge is 2.97. The fourth-order valence-electron chi connectivity index (χ4n) is 3.49. The molecule has 0 aliphatic carbocycles. The van der Waals surface area contributed by atoms with Gasteiger partial charge in [-0.1, -0.05) is 0 Å². The summed E-state index contributed by atoms with van der Waals surface area (Å²) in [6, 6.07) is 0. The van der Waals surface area contributed by atoms with E-state index in [2.05, 4.69) is 0 Å². The SMILES string of the molecule is C[N+](C)(CCCNCC(O)CC(F)(F)C(F)(F)C(F)(F)C(F)(F)C(F)(F)C(F)(F)C(F)(F)C(F)(F)C(F)(F)C(F)(F)F)CCC(=O)[O-]. The van der Waals surface area contributed by atoms with Crippen molar-refractivity contribution in [2.75, 3.05) is 40.3 Å². The molecule has 0 fully saturated rings. The Morgan fingerprint density at radius 2 is 0.957 bits per heavy atom. The van der Waals surface area contributed by atoms with E-state index in [1.165, 1.54) is 14.1 Å². The van der Waals surface area contributed by atoms with Gasteiger partial charge in [0.15, 0.2) is 0 Å². The highest BCUT2D eigenvalue weighted by Crippen LogP contribution is 2.66. The molecule has 0 aliphatic heterocycles. The van der Waals surface area contributed by atoms with Crippen molar-refractivity contribution in [2.45, 2.75) is 84.8 Å². The summed E-state index contributed by atoms with van der Waals surface area (Å²) >= 11 is 0. The smallest absolute Gasteiger partial charge is 0.460 e. The van der Waals surface area contributed by atoms with Gasteiger partial charge in [-0.25, -0.2) is 0 Å². The van der Waals surface area contributed by atoms with Crippen molar-refractivity contribution in [3.05, 3.63) is 0 Å². The summed E-state index contributed by atoms with van der Waals surface area (Å²) in [5, 5.41) is 22.0. The highest BCUT2D eigenvalue weighted by molar-refractivity contribution is 5.64. The van der Waals surface area contributed by atoms with Crippen LogP contribution in [0.15, 0.2) is 0 Å². The van der Waals surface area contributed by atoms with Crippen LogP contribution < -0.4 is 10.4 Å². The maximum Gasteiger partial charge on any atom is 0.460 e. The second kappa shape index (κ2) is 13.3. The quantitative estimate of drug-likeness (QED) is 0.108. The van der Waals surface area contributed by atoms with Gasteiger partial charge in [-0.3, -0.25) is 0 Å². The molecule has 1 atom stereocenters. The van der Waals surface area contributed by atoms with Gasteiger partial charge in [-0.2, -0.15) is 92.2 Å². The van der Waals surface area contributed by atoms with Crippen LogP contribution in [0.3, 0.4) is 0 Å². The third-order valence-electron chi connectivity index (χ3n) is 6.49. The van der Waals surface area contributed by atoms with Gasteiger partial charge in [0.25, 0.3) is 0 Å². The molecule has 0 radical (unpaired) electrons. The van der Waals surface area contributed by atoms with E-state index in [0.717, 1.165) is 0 Å². The van der Waals surface area contributed by atoms with Crippen LogP contribution in [0.4, 0.5) is 92.2 Å². The van der Waals surface area contributed by atoms with Crippen LogP contribution in [0.1, 0.15) is 19.3 Å². The normalized spacial score (nSPS) is 16.4. The van der Waals surface area contributed by atoms with E-state index in [1.54, 1.807) is 0 Å². The Balaban J connectivity index is 6.15. The van der Waals surface area contributed by atoms with Crippen LogP contribution in [-0.2, 0) is 4.79 Å². The van der Waals surface area contributed by atoms with E-state index in [1.807, 2.05) is 5.32 Å². The molecule has 282 valence electrons. The molecule has 0 aromatic heterocycles. The lowest BCUT2D eigenvalue weighted by molar-refractivity contribution is -0.890. The van der Waals surface area contributed by atoms with Crippen molar-refractivity contribution in [2.24, 2.45) is 0 Å². The standard InChI is InChI=1S/C21H23F21N2O3/c1-44(2,7-4-11(46)47)6-3-5-43-9-10(45)8-12(22,23)13(24,25)14(26,27)15(28,29)16(30,31)17(32,33)18(34,35)19(36,37)20(38,39)21(40,41)42/h10,43,45H,3-9H2,1-2H3. The van der Waals surface area contributed by atoms with Gasteiger partial charge in [0.05, 0.1) is 33.3 Å². The Bertz CT molecular complexity index is 1070. The van der Waals surface area contributed by atoms with E-state index in [4.69, 9.17) is 0 Å². The van der Waals surface area contributed by atoms with E-state index in [0.29, 0.717) is 0 Å². The molecule has 0 bridgehead atoms. The van der Waals surface area contributed by atoms with Crippen molar-refractivity contribution < 1.29 is 112 Å². The minimum Gasteiger partial charge on any atom is -0.550 e. The van der Waals surface area contributed by atoms with Crippen molar-refractivity contribution in [1.29, 1.82) is 0 Å². The number of hydrogen-bond acceptors (Lipinski definition) is 4. The Morgan fingerprint density at radius 1 is 0.617 bits per heavy atom. The summed E-state index contributed by atoms with van der Waals surface area (Å²) in [6.45, 7) is -1.55. The molecule has 0 aliphatic rings. The molecule has 5 nitrogen and oxygen atoms in total. The molecule has 0 spiro atoms. The van der Waals surface area contributed by atoms with E-state index < -0.39 is 90.9 Å². The number of halogens is 21. The molecule has 0 amide bonds. The topological polar surface area (TPSA) is 72.4 Å². The summed E-state index contributed by atoms with van der Waals surface area (Å²) < 4.78 is 282. The maximum absolute atomic E-state index is 14.0. The van der Waals surface area contributed by atoms with Gasteiger partial charge >= 0.3 is 59.5 Å². The number of quaternary nitrogens is 1. The molecule has 0 saturated heterocycles. The summed E-state index contributed by atoms with van der Waals surface area (Å²) in [4.78, 5) is 10.5. The first kappa shape index (κ1) is 44.9. The number of aliphatic hydroxyl groups excluding tert-OH is 1. The van der Waals surface area contributed by atoms with Crippen molar-refractivity contribution in [1.82, 2.24) is 5.32 Å². The second-order valence-electron chi connectivity index (χ2n) is 10.7. The summed E-state index contributed by atoms with van der Waals surface area (Å²) in [5.74, 6) is -79.2. The number of aliphatic carboxylic acids is 1. The minimum atomic E-state index is -9.24. The first-order valence-corrected chi connectivity index (χ1v) is 12.1. The average Bonchev–Trinajstić information content (AvgIpc) is 2.85. The van der Waals surface area contributed by atoms with Gasteiger partial charge < -0.3 is 24.8 Å². The van der Waals surface area contributed by atoms with Crippen LogP contribution >= 0.6 is 0 Å². The van der Waals surface area contributed by atoms with Gasteiger partial charge in [-0.15, -0.1) is 0 Å². The second-order valence-corrected chi connectivity index (χ2v) is 10.7. The largest absolute Gasteiger partial charge is 0.550 e. The number of carboxylic acid groups (broad SMARTS) is 1. The van der Waals surface area contributed by atoms with Crippen LogP contribution in [-0.4, -0.2) is 121 Å². The Morgan fingerprint density at radius 3 is 1.30 bits per heavy atom. The monoisotopic (exact) mass is 750 g/mol. The molecule has 1 unspecified atom stereocenters. The van der Waals surface area contributed by atoms with Gasteiger partial charge in [0.2, 0.25) is 0 Å². The van der Waals surface area contributed by atoms with Gasteiger partial charge in [0.1, 0.15) is 0 Å². The molecule has 26 heteroatoms. The zero-order valence-electron chi connectivity index (χ0n) is 23.2. The first-order valence-electron chi connectivity index (χ1n) is 12.1. The number of carboxylic acids is 1. The molecule has 0 aromatic rings. The summed E-state index contributed by atoms with van der Waals surface area (Å²) in [6.07, 6.45) is -14.6. The molecule has 0 heterocycles. The first-order chi connectivity index (χ1) is 20.3. The predicted octanol–water partition coefficient (Wildman–Crippen LogP) is 5.21. The number of rotatable bonds is 19.